The summed E-state index contributed by atoms with van der Waals surface area (Å²) >= 11 is 0. The van der Waals surface area contributed by atoms with Gasteiger partial charge in [-0.3, -0.25) is 9.79 Å². The normalized spacial score (nSPS) is 19.6. The first-order valence-electron chi connectivity index (χ1n) is 12.9. The van der Waals surface area contributed by atoms with E-state index in [4.69, 9.17) is 10.7 Å². The number of aliphatic imine (C=N–C) groups is 1. The van der Waals surface area contributed by atoms with Crippen molar-refractivity contribution in [2.24, 2.45) is 22.6 Å². The van der Waals surface area contributed by atoms with Gasteiger partial charge in [-0.25, -0.2) is 4.79 Å². The number of amidine groups is 1. The molecule has 0 saturated carbocycles. The van der Waals surface area contributed by atoms with Gasteiger partial charge in [-0.1, -0.05) is 81.8 Å². The fourth-order valence-corrected chi connectivity index (χ4v) is 4.79. The summed E-state index contributed by atoms with van der Waals surface area (Å²) in [6, 6.07) is 18.1. The number of hydrogen-bond donors (Lipinski definition) is 3. The maximum absolute atomic E-state index is 13.7. The lowest BCUT2D eigenvalue weighted by Gasteiger charge is -2.27. The van der Waals surface area contributed by atoms with Gasteiger partial charge in [0.15, 0.2) is 5.78 Å². The van der Waals surface area contributed by atoms with E-state index in [2.05, 4.69) is 43.5 Å². The molecule has 2 unspecified atom stereocenters. The number of hydrogen-bond acceptors (Lipinski definition) is 4. The molecule has 0 radical (unpaired) electrons. The summed E-state index contributed by atoms with van der Waals surface area (Å²) in [5.74, 6) is 0.557. The van der Waals surface area contributed by atoms with E-state index in [-0.39, 0.29) is 11.8 Å². The van der Waals surface area contributed by atoms with Crippen molar-refractivity contribution in [1.29, 1.82) is 0 Å². The number of ketones is 1. The van der Waals surface area contributed by atoms with Crippen LogP contribution in [0.1, 0.15) is 63.1 Å². The first kappa shape index (κ1) is 26.5. The van der Waals surface area contributed by atoms with E-state index in [9.17, 15) is 9.59 Å². The van der Waals surface area contributed by atoms with E-state index in [0.29, 0.717) is 44.1 Å². The Bertz CT molecular complexity index is 1000. The average molecular weight is 477 g/mol. The molecule has 4 N–H and O–H groups in total. The summed E-state index contributed by atoms with van der Waals surface area (Å²) in [6.45, 7) is 7.50. The van der Waals surface area contributed by atoms with Crippen molar-refractivity contribution in [1.82, 2.24) is 10.6 Å². The largest absolute Gasteiger partial charge is 0.387 e. The topological polar surface area (TPSA) is 96.6 Å². The Kier molecular flexibility index (Phi) is 9.47. The summed E-state index contributed by atoms with van der Waals surface area (Å²) in [5, 5.41) is 5.73. The molecule has 1 aliphatic rings. The number of Topliss-reactive ketones (excluding diaryl/α,β-unsaturated/α-hetero) is 1. The van der Waals surface area contributed by atoms with Gasteiger partial charge in [0.2, 0.25) is 0 Å². The lowest BCUT2D eigenvalue weighted by Crippen LogP contribution is -2.39. The second-order valence-corrected chi connectivity index (χ2v) is 10.1. The molecule has 0 bridgehead atoms. The van der Waals surface area contributed by atoms with Crippen LogP contribution < -0.4 is 16.4 Å². The quantitative estimate of drug-likeness (QED) is 0.384. The predicted molar refractivity (Wildman–Crippen MR) is 142 cm³/mol. The smallest absolute Gasteiger partial charge is 0.315 e. The van der Waals surface area contributed by atoms with Crippen molar-refractivity contribution >= 4 is 17.6 Å². The number of rotatable bonds is 12. The first-order valence-corrected chi connectivity index (χ1v) is 12.9. The molecule has 2 aromatic carbocycles. The van der Waals surface area contributed by atoms with Crippen LogP contribution in [0.15, 0.2) is 59.6 Å². The van der Waals surface area contributed by atoms with E-state index in [1.165, 1.54) is 5.56 Å². The number of carbonyl (C=O) groups is 2. The minimum absolute atomic E-state index is 0.147. The molecule has 0 aliphatic carbocycles. The lowest BCUT2D eigenvalue weighted by molar-refractivity contribution is -0.125. The molecule has 0 spiro atoms. The van der Waals surface area contributed by atoms with Crippen LogP contribution in [0.2, 0.25) is 0 Å². The van der Waals surface area contributed by atoms with Gasteiger partial charge in [-0.2, -0.15) is 0 Å². The third-order valence-corrected chi connectivity index (χ3v) is 6.62. The molecule has 2 amide bonds. The van der Waals surface area contributed by atoms with E-state index in [1.807, 2.05) is 42.5 Å². The molecule has 3 rings (SSSR count). The van der Waals surface area contributed by atoms with Crippen LogP contribution in [0, 0.1) is 11.8 Å². The van der Waals surface area contributed by atoms with Crippen molar-refractivity contribution in [2.45, 2.75) is 71.4 Å². The molecule has 35 heavy (non-hydrogen) atoms. The van der Waals surface area contributed by atoms with Gasteiger partial charge in [0.25, 0.3) is 0 Å². The number of unbranched alkanes of at least 4 members (excludes halogenated alkanes) is 1. The zero-order valence-corrected chi connectivity index (χ0v) is 21.3. The molecule has 6 nitrogen and oxygen atoms in total. The Morgan fingerprint density at radius 3 is 2.37 bits per heavy atom. The maximum Gasteiger partial charge on any atom is 0.315 e. The Labute approximate surface area is 209 Å². The Morgan fingerprint density at radius 2 is 1.71 bits per heavy atom. The highest BCUT2D eigenvalue weighted by Gasteiger charge is 2.48. The highest BCUT2D eigenvalue weighted by atomic mass is 16.2. The molecule has 2 atom stereocenters. The number of nitrogens with one attached hydrogen (secondary N) is 2. The van der Waals surface area contributed by atoms with Crippen LogP contribution in [-0.2, 0) is 24.2 Å². The van der Waals surface area contributed by atoms with Gasteiger partial charge >= 0.3 is 6.03 Å². The van der Waals surface area contributed by atoms with Gasteiger partial charge in [-0.05, 0) is 54.7 Å². The summed E-state index contributed by atoms with van der Waals surface area (Å²) < 4.78 is 0. The number of benzene rings is 2. The van der Waals surface area contributed by atoms with Crippen molar-refractivity contribution in [3.63, 3.8) is 0 Å². The van der Waals surface area contributed by atoms with Crippen molar-refractivity contribution < 1.29 is 9.59 Å². The number of aryl methyl sites for hydroxylation is 1. The third kappa shape index (κ3) is 7.41. The standard InChI is InChI=1S/C29H40N4O2/c1-4-5-17-31-28(35)32-20-24-13-11-23(12-14-24)18-25-26(34)29(19-21(2)3,33-27(25)30)16-15-22-9-7-6-8-10-22/h6-14,21,25H,4-5,15-20H2,1-3H3,(H2,30,33)(H2,31,32,35). The Morgan fingerprint density at radius 1 is 1.03 bits per heavy atom. The van der Waals surface area contributed by atoms with E-state index < -0.39 is 11.5 Å². The molecule has 1 aliphatic heterocycles. The Hall–Kier alpha value is -3.15. The highest BCUT2D eigenvalue weighted by molar-refractivity contribution is 6.13. The molecule has 188 valence electrons. The van der Waals surface area contributed by atoms with Crippen molar-refractivity contribution in [3.05, 3.63) is 71.3 Å². The molecule has 0 aromatic heterocycles. The second kappa shape index (κ2) is 12.5. The van der Waals surface area contributed by atoms with Gasteiger partial charge in [0, 0.05) is 13.1 Å². The number of nitrogens with two attached hydrogens (primary N) is 1. The summed E-state index contributed by atoms with van der Waals surface area (Å²) in [4.78, 5) is 30.4. The summed E-state index contributed by atoms with van der Waals surface area (Å²) in [6.07, 6.45) is 4.75. The van der Waals surface area contributed by atoms with E-state index in [0.717, 1.165) is 30.4 Å². The number of amides is 2. The van der Waals surface area contributed by atoms with E-state index in [1.54, 1.807) is 0 Å². The molecule has 2 aromatic rings. The van der Waals surface area contributed by atoms with Crippen LogP contribution in [0.3, 0.4) is 0 Å². The van der Waals surface area contributed by atoms with Crippen molar-refractivity contribution in [2.75, 3.05) is 6.54 Å². The molecular formula is C29H40N4O2. The minimum Gasteiger partial charge on any atom is -0.387 e. The van der Waals surface area contributed by atoms with Gasteiger partial charge in [0.05, 0.1) is 5.92 Å². The molecule has 1 heterocycles. The zero-order chi connectivity index (χ0) is 25.3. The Balaban J connectivity index is 1.62. The van der Waals surface area contributed by atoms with Gasteiger partial charge in [-0.15, -0.1) is 0 Å². The maximum atomic E-state index is 13.7. The van der Waals surface area contributed by atoms with E-state index >= 15 is 0 Å². The van der Waals surface area contributed by atoms with Gasteiger partial charge in [0.1, 0.15) is 11.4 Å². The van der Waals surface area contributed by atoms with Gasteiger partial charge < -0.3 is 16.4 Å². The number of carbonyl (C=O) groups excluding carboxylic acids is 2. The van der Waals surface area contributed by atoms with Crippen LogP contribution in [0.5, 0.6) is 0 Å². The average Bonchev–Trinajstić information content (AvgIpc) is 3.07. The van der Waals surface area contributed by atoms with Crippen LogP contribution in [-0.4, -0.2) is 29.7 Å². The fourth-order valence-electron chi connectivity index (χ4n) is 4.79. The highest BCUT2D eigenvalue weighted by Crippen LogP contribution is 2.37. The fraction of sp³-hybridized carbons (Fsp3) is 0.483. The summed E-state index contributed by atoms with van der Waals surface area (Å²) in [5.41, 5.74) is 8.90. The SMILES string of the molecule is CCCCNC(=O)NCc1ccc(CC2C(=O)C(CCc3ccccc3)(CC(C)C)N=C2N)cc1. The minimum atomic E-state index is -0.742. The predicted octanol–water partition coefficient (Wildman–Crippen LogP) is 4.80. The molecule has 0 fully saturated rings. The molecule has 0 saturated heterocycles. The lowest BCUT2D eigenvalue weighted by atomic mass is 9.77. The zero-order valence-electron chi connectivity index (χ0n) is 21.3. The second-order valence-electron chi connectivity index (χ2n) is 10.1. The summed E-state index contributed by atoms with van der Waals surface area (Å²) in [7, 11) is 0. The monoisotopic (exact) mass is 476 g/mol. The third-order valence-electron chi connectivity index (χ3n) is 6.62. The number of urea groups is 1. The first-order chi connectivity index (χ1) is 16.8. The van der Waals surface area contributed by atoms with Crippen LogP contribution in [0.25, 0.3) is 0 Å². The van der Waals surface area contributed by atoms with Crippen LogP contribution >= 0.6 is 0 Å². The molecule has 6 heteroatoms. The number of nitrogens with zero attached hydrogens (tertiary/aromatic N) is 1. The van der Waals surface area contributed by atoms with Crippen LogP contribution in [0.4, 0.5) is 4.79 Å². The van der Waals surface area contributed by atoms with Crippen molar-refractivity contribution in [3.8, 4) is 0 Å². The molecular weight excluding hydrogens is 436 g/mol.